The number of hydrogen-bond acceptors (Lipinski definition) is 3. The quantitative estimate of drug-likeness (QED) is 0.168. The summed E-state index contributed by atoms with van der Waals surface area (Å²) in [6.07, 6.45) is 10.4. The van der Waals surface area contributed by atoms with Crippen LogP contribution < -0.4 is 0 Å². The number of hydrogen-bond donors (Lipinski definition) is 0. The molecule has 2 atom stereocenters. The van der Waals surface area contributed by atoms with E-state index in [2.05, 4.69) is 94.6 Å². The summed E-state index contributed by atoms with van der Waals surface area (Å²) in [6, 6.07) is 0. The molecule has 0 saturated heterocycles. The van der Waals surface area contributed by atoms with E-state index in [1.807, 2.05) is 0 Å². The van der Waals surface area contributed by atoms with Gasteiger partial charge < -0.3 is 0 Å². The van der Waals surface area contributed by atoms with Crippen molar-refractivity contribution in [2.75, 3.05) is 6.61 Å². The summed E-state index contributed by atoms with van der Waals surface area (Å²) < 4.78 is 26.6. The van der Waals surface area contributed by atoms with Gasteiger partial charge in [-0.15, -0.1) is 0 Å². The molecule has 0 N–H and O–H groups in total. The molecular weight excluding hydrogens is 571 g/mol. The molecule has 1 heterocycles. The Hall–Kier alpha value is 0.692. The van der Waals surface area contributed by atoms with E-state index >= 15 is 0 Å². The molecule has 0 bridgehead atoms. The summed E-state index contributed by atoms with van der Waals surface area (Å²) in [7, 11) is -3.79. The molecule has 0 radical (unpaired) electrons. The molecule has 1 aliphatic rings. The maximum atomic E-state index is 7.07. The van der Waals surface area contributed by atoms with Gasteiger partial charge in [-0.25, -0.2) is 0 Å². The molecule has 35 heavy (non-hydrogen) atoms. The van der Waals surface area contributed by atoms with Crippen molar-refractivity contribution in [1.82, 2.24) is 0 Å². The first-order chi connectivity index (χ1) is 16.0. The van der Waals surface area contributed by atoms with Gasteiger partial charge in [0, 0.05) is 0 Å². The van der Waals surface area contributed by atoms with E-state index in [-0.39, 0.29) is 22.3 Å². The van der Waals surface area contributed by atoms with Crippen LogP contribution in [0, 0.1) is 0 Å². The average Bonchev–Trinajstić information content (AvgIpc) is 3.13. The Morgan fingerprint density at radius 1 is 0.771 bits per heavy atom. The van der Waals surface area contributed by atoms with Gasteiger partial charge in [-0.1, -0.05) is 0 Å². The second-order valence-corrected chi connectivity index (χ2v) is 36.8. The van der Waals surface area contributed by atoms with Crippen LogP contribution in [-0.4, -0.2) is 53.8 Å². The van der Waals surface area contributed by atoms with Crippen molar-refractivity contribution in [3.05, 3.63) is 9.85 Å². The van der Waals surface area contributed by atoms with E-state index in [1.165, 1.54) is 55.6 Å². The van der Waals surface area contributed by atoms with E-state index in [0.29, 0.717) is 6.61 Å². The third kappa shape index (κ3) is 9.43. The molecule has 0 aromatic rings. The maximum absolute atomic E-state index is 7.07. The zero-order valence-electron chi connectivity index (χ0n) is 26.0. The van der Waals surface area contributed by atoms with Crippen molar-refractivity contribution in [2.24, 2.45) is 0 Å². The van der Waals surface area contributed by atoms with Crippen LogP contribution in [0.1, 0.15) is 101 Å². The number of ether oxygens (including phenoxy) is 1. The Kier molecular flexibility index (Phi) is 13.2. The molecule has 0 unspecified atom stereocenters. The molecule has 1 rings (SSSR count). The Labute approximate surface area is 226 Å². The molecule has 0 aromatic carbocycles. The van der Waals surface area contributed by atoms with Gasteiger partial charge in [-0.2, -0.15) is 0 Å². The van der Waals surface area contributed by atoms with Crippen LogP contribution in [-0.2, 0) is 13.6 Å². The van der Waals surface area contributed by atoms with Gasteiger partial charge in [0.25, 0.3) is 0 Å². The third-order valence-electron chi connectivity index (χ3n) is 9.16. The molecule has 6 heteroatoms. The molecule has 0 saturated carbocycles. The molecule has 0 spiro atoms. The Morgan fingerprint density at radius 2 is 1.20 bits per heavy atom. The molecule has 0 aromatic heterocycles. The Morgan fingerprint density at radius 3 is 1.57 bits per heavy atom. The molecule has 1 aliphatic heterocycles. The van der Waals surface area contributed by atoms with Gasteiger partial charge >= 0.3 is 228 Å². The van der Waals surface area contributed by atoms with Gasteiger partial charge in [0.05, 0.1) is 0 Å². The second-order valence-electron chi connectivity index (χ2n) is 14.2. The predicted molar refractivity (Wildman–Crippen MR) is 163 cm³/mol. The summed E-state index contributed by atoms with van der Waals surface area (Å²) in [4.78, 5) is 0. The van der Waals surface area contributed by atoms with Crippen molar-refractivity contribution in [2.45, 2.75) is 163 Å². The zero-order chi connectivity index (χ0) is 27.1. The molecule has 208 valence electrons. The molecule has 3 nitrogen and oxygen atoms in total. The average molecular weight is 634 g/mol. The fourth-order valence-corrected chi connectivity index (χ4v) is 22.3. The summed E-state index contributed by atoms with van der Waals surface area (Å²) in [6.45, 7) is 31.2. The molecule has 0 amide bonds. The van der Waals surface area contributed by atoms with E-state index in [9.17, 15) is 0 Å². The van der Waals surface area contributed by atoms with Gasteiger partial charge in [-0.3, -0.25) is 0 Å². The molecular formula is C29H62O3Si2Sn. The topological polar surface area (TPSA) is 27.7 Å². The van der Waals surface area contributed by atoms with Crippen LogP contribution in [0.5, 0.6) is 0 Å². The SMILES string of the molecule is CCC[CH2][Sn]([CH2]CCC)([CH2]CCC)[C]1=C[C@H](O[Si](C)(C)C(C)(C)C)[C@@H](CO[Si](C)(C)C(C)(C)C)O1. The normalized spacial score (nSPS) is 20.2. The Bertz CT molecular complexity index is 640. The first-order valence-corrected chi connectivity index (χ1v) is 28.0. The number of unbranched alkanes of at least 4 members (excludes halogenated alkanes) is 3. The van der Waals surface area contributed by atoms with Crippen molar-refractivity contribution >= 4 is 35.0 Å². The van der Waals surface area contributed by atoms with Crippen LogP contribution in [0.15, 0.2) is 9.85 Å². The van der Waals surface area contributed by atoms with Crippen LogP contribution >= 0.6 is 0 Å². The summed E-state index contributed by atoms with van der Waals surface area (Å²) in [5.41, 5.74) is 0. The minimum absolute atomic E-state index is 0.00852. The van der Waals surface area contributed by atoms with Gasteiger partial charge in [-0.05, 0) is 0 Å². The van der Waals surface area contributed by atoms with Crippen molar-refractivity contribution < 1.29 is 13.6 Å². The van der Waals surface area contributed by atoms with Crippen LogP contribution in [0.25, 0.3) is 0 Å². The van der Waals surface area contributed by atoms with Crippen LogP contribution in [0.2, 0.25) is 49.6 Å². The van der Waals surface area contributed by atoms with E-state index in [1.54, 1.807) is 0 Å². The van der Waals surface area contributed by atoms with Crippen molar-refractivity contribution in [3.63, 3.8) is 0 Å². The summed E-state index contributed by atoms with van der Waals surface area (Å²) in [5.74, 6) is 0. The zero-order valence-corrected chi connectivity index (χ0v) is 30.9. The molecule has 0 aliphatic carbocycles. The Balaban J connectivity index is 3.37. The van der Waals surface area contributed by atoms with E-state index in [0.717, 1.165) is 0 Å². The van der Waals surface area contributed by atoms with Gasteiger partial charge in [0.15, 0.2) is 0 Å². The van der Waals surface area contributed by atoms with Crippen molar-refractivity contribution in [3.8, 4) is 0 Å². The van der Waals surface area contributed by atoms with E-state index in [4.69, 9.17) is 13.6 Å². The van der Waals surface area contributed by atoms with E-state index < -0.39 is 35.0 Å². The van der Waals surface area contributed by atoms with Gasteiger partial charge in [0.1, 0.15) is 0 Å². The first-order valence-electron chi connectivity index (χ1n) is 14.7. The standard InChI is InChI=1S/C17H35O3Si2.3C4H9.Sn/c1-16(2,3)21(7,8)19-13-15-14(11-12-18-15)20-22(9,10)17(4,5)6;3*1-3-4-2;/h11,14-15H,13H2,1-10H3;3*1,3-4H2,2H3;/t14-,15+;;;;/m0..../s1. The summed E-state index contributed by atoms with van der Waals surface area (Å²) >= 11 is -2.66. The van der Waals surface area contributed by atoms with Crippen molar-refractivity contribution in [1.29, 1.82) is 0 Å². The molecule has 0 fully saturated rings. The fraction of sp³-hybridized carbons (Fsp3) is 0.931. The predicted octanol–water partition coefficient (Wildman–Crippen LogP) is 10.1. The second kappa shape index (κ2) is 13.7. The first kappa shape index (κ1) is 33.7. The minimum atomic E-state index is -2.66. The fourth-order valence-electron chi connectivity index (χ4n) is 4.38. The van der Waals surface area contributed by atoms with Crippen LogP contribution in [0.3, 0.4) is 0 Å². The number of rotatable bonds is 15. The monoisotopic (exact) mass is 634 g/mol. The van der Waals surface area contributed by atoms with Gasteiger partial charge in [0.2, 0.25) is 0 Å². The third-order valence-corrected chi connectivity index (χ3v) is 33.2. The van der Waals surface area contributed by atoms with Crippen LogP contribution in [0.4, 0.5) is 0 Å². The summed E-state index contributed by atoms with van der Waals surface area (Å²) in [5, 5.41) is 0.380.